The molecule has 0 aliphatic heterocycles. The predicted molar refractivity (Wildman–Crippen MR) is 80.7 cm³/mol. The Hall–Kier alpha value is -1.74. The van der Waals surface area contributed by atoms with Crippen LogP contribution < -0.4 is 0 Å². The second-order valence-corrected chi connectivity index (χ2v) is 5.77. The largest absolute Gasteiger partial charge is 0.307 e. The summed E-state index contributed by atoms with van der Waals surface area (Å²) in [4.78, 5) is 5.97. The van der Waals surface area contributed by atoms with E-state index in [0.717, 1.165) is 17.1 Å². The van der Waals surface area contributed by atoms with Gasteiger partial charge in [0.1, 0.15) is 5.65 Å². The number of benzene rings is 1. The zero-order valence-electron chi connectivity index (χ0n) is 11.1. The van der Waals surface area contributed by atoms with E-state index >= 15 is 0 Å². The molecule has 0 N–H and O–H groups in total. The molecule has 0 aliphatic rings. The third-order valence-corrected chi connectivity index (χ3v) is 4.32. The molecule has 0 spiro atoms. The summed E-state index contributed by atoms with van der Waals surface area (Å²) in [6, 6.07) is 12.7. The lowest BCUT2D eigenvalue weighted by Gasteiger charge is -2.05. The van der Waals surface area contributed by atoms with Crippen LogP contribution in [-0.4, -0.2) is 9.38 Å². The summed E-state index contributed by atoms with van der Waals surface area (Å²) in [7, 11) is 0. The van der Waals surface area contributed by atoms with E-state index in [-0.39, 0.29) is 0 Å². The predicted octanol–water partition coefficient (Wildman–Crippen LogP) is 4.24. The van der Waals surface area contributed by atoms with Crippen molar-refractivity contribution in [2.45, 2.75) is 24.5 Å². The van der Waals surface area contributed by atoms with E-state index in [1.54, 1.807) is 0 Å². The van der Waals surface area contributed by atoms with Gasteiger partial charge in [0.25, 0.3) is 0 Å². The van der Waals surface area contributed by atoms with Gasteiger partial charge in [-0.2, -0.15) is 0 Å². The Bertz CT molecular complexity index is 683. The van der Waals surface area contributed by atoms with Crippen molar-refractivity contribution in [3.8, 4) is 0 Å². The second-order valence-electron chi connectivity index (χ2n) is 4.76. The molecular formula is C16H16N2S. The van der Waals surface area contributed by atoms with Gasteiger partial charge in [0.2, 0.25) is 0 Å². The van der Waals surface area contributed by atoms with Crippen LogP contribution in [0.5, 0.6) is 0 Å². The minimum Gasteiger partial charge on any atom is -0.307 e. The molecule has 0 saturated heterocycles. The molecule has 0 atom stereocenters. The first-order valence-corrected chi connectivity index (χ1v) is 7.33. The van der Waals surface area contributed by atoms with Crippen LogP contribution in [0.15, 0.2) is 53.7 Å². The summed E-state index contributed by atoms with van der Waals surface area (Å²) >= 11 is 1.85. The van der Waals surface area contributed by atoms with E-state index in [2.05, 4.69) is 47.6 Å². The van der Waals surface area contributed by atoms with Gasteiger partial charge in [0, 0.05) is 23.0 Å². The zero-order chi connectivity index (χ0) is 13.2. The maximum absolute atomic E-state index is 4.62. The summed E-state index contributed by atoms with van der Waals surface area (Å²) in [5.41, 5.74) is 4.78. The van der Waals surface area contributed by atoms with E-state index in [0.29, 0.717) is 0 Å². The topological polar surface area (TPSA) is 17.3 Å². The molecule has 0 radical (unpaired) electrons. The first-order chi connectivity index (χ1) is 9.22. The normalized spacial score (nSPS) is 11.1. The number of pyridine rings is 1. The number of rotatable bonds is 3. The van der Waals surface area contributed by atoms with Crippen molar-refractivity contribution in [3.05, 3.63) is 65.6 Å². The molecule has 3 rings (SSSR count). The Kier molecular flexibility index (Phi) is 3.30. The van der Waals surface area contributed by atoms with Crippen molar-refractivity contribution >= 4 is 17.4 Å². The van der Waals surface area contributed by atoms with Gasteiger partial charge in [-0.05, 0) is 37.6 Å². The molecule has 19 heavy (non-hydrogen) atoms. The summed E-state index contributed by atoms with van der Waals surface area (Å²) < 4.78 is 2.07. The summed E-state index contributed by atoms with van der Waals surface area (Å²) in [5, 5.41) is 0. The Morgan fingerprint density at radius 3 is 2.89 bits per heavy atom. The average molecular weight is 268 g/mol. The average Bonchev–Trinajstić information content (AvgIpc) is 2.82. The van der Waals surface area contributed by atoms with Crippen molar-refractivity contribution in [1.29, 1.82) is 0 Å². The van der Waals surface area contributed by atoms with Gasteiger partial charge >= 0.3 is 0 Å². The Balaban J connectivity index is 1.80. The fourth-order valence-electron chi connectivity index (χ4n) is 2.07. The highest BCUT2D eigenvalue weighted by Gasteiger charge is 2.04. The van der Waals surface area contributed by atoms with E-state index in [1.165, 1.54) is 16.0 Å². The first kappa shape index (κ1) is 12.3. The SMILES string of the molecule is Cc1ccc(C)c(SCc2cn3ccccc3n2)c1. The quantitative estimate of drug-likeness (QED) is 0.661. The molecule has 2 heterocycles. The minimum absolute atomic E-state index is 0.909. The van der Waals surface area contributed by atoms with Gasteiger partial charge in [-0.1, -0.05) is 23.8 Å². The molecule has 0 fully saturated rings. The van der Waals surface area contributed by atoms with Crippen LogP contribution in [0.4, 0.5) is 0 Å². The lowest BCUT2D eigenvalue weighted by molar-refractivity contribution is 1.18. The monoisotopic (exact) mass is 268 g/mol. The van der Waals surface area contributed by atoms with Crippen LogP contribution in [0.2, 0.25) is 0 Å². The number of nitrogens with zero attached hydrogens (tertiary/aromatic N) is 2. The molecule has 2 nitrogen and oxygen atoms in total. The third kappa shape index (κ3) is 2.66. The zero-order valence-corrected chi connectivity index (χ0v) is 11.9. The second kappa shape index (κ2) is 5.10. The smallest absolute Gasteiger partial charge is 0.137 e. The molecule has 0 bridgehead atoms. The summed E-state index contributed by atoms with van der Waals surface area (Å²) in [5.74, 6) is 0.909. The first-order valence-electron chi connectivity index (χ1n) is 6.35. The Morgan fingerprint density at radius 2 is 2.05 bits per heavy atom. The summed E-state index contributed by atoms with van der Waals surface area (Å²) in [6.07, 6.45) is 4.14. The fraction of sp³-hybridized carbons (Fsp3) is 0.188. The van der Waals surface area contributed by atoms with E-state index in [4.69, 9.17) is 0 Å². The Morgan fingerprint density at radius 1 is 1.16 bits per heavy atom. The lowest BCUT2D eigenvalue weighted by atomic mass is 10.2. The van der Waals surface area contributed by atoms with Crippen LogP contribution in [0, 0.1) is 13.8 Å². The van der Waals surface area contributed by atoms with Gasteiger partial charge in [0.15, 0.2) is 0 Å². The van der Waals surface area contributed by atoms with E-state index in [1.807, 2.05) is 36.2 Å². The number of hydrogen-bond acceptors (Lipinski definition) is 2. The van der Waals surface area contributed by atoms with Crippen LogP contribution in [0.1, 0.15) is 16.8 Å². The third-order valence-electron chi connectivity index (χ3n) is 3.13. The van der Waals surface area contributed by atoms with Crippen molar-refractivity contribution in [3.63, 3.8) is 0 Å². The molecule has 0 aliphatic carbocycles. The standard InChI is InChI=1S/C16H16N2S/c1-12-6-7-13(2)15(9-12)19-11-14-10-18-8-4-3-5-16(18)17-14/h3-10H,11H2,1-2H3. The van der Waals surface area contributed by atoms with Crippen LogP contribution >= 0.6 is 11.8 Å². The molecule has 3 heteroatoms. The maximum Gasteiger partial charge on any atom is 0.137 e. The van der Waals surface area contributed by atoms with Crippen LogP contribution in [0.25, 0.3) is 5.65 Å². The van der Waals surface area contributed by atoms with Gasteiger partial charge < -0.3 is 4.40 Å². The minimum atomic E-state index is 0.909. The maximum atomic E-state index is 4.62. The Labute approximate surface area is 117 Å². The van der Waals surface area contributed by atoms with Crippen molar-refractivity contribution in [2.75, 3.05) is 0 Å². The molecular weight excluding hydrogens is 252 g/mol. The molecule has 0 unspecified atom stereocenters. The van der Waals surface area contributed by atoms with Crippen molar-refractivity contribution in [1.82, 2.24) is 9.38 Å². The number of thioether (sulfide) groups is 1. The van der Waals surface area contributed by atoms with Crippen molar-refractivity contribution < 1.29 is 0 Å². The number of aromatic nitrogens is 2. The molecule has 1 aromatic carbocycles. The molecule has 3 aromatic rings. The van der Waals surface area contributed by atoms with Gasteiger partial charge in [-0.25, -0.2) is 4.98 Å². The van der Waals surface area contributed by atoms with Crippen molar-refractivity contribution in [2.24, 2.45) is 0 Å². The molecule has 96 valence electrons. The molecule has 0 saturated carbocycles. The van der Waals surface area contributed by atoms with Crippen LogP contribution in [-0.2, 0) is 5.75 Å². The van der Waals surface area contributed by atoms with Gasteiger partial charge in [-0.3, -0.25) is 0 Å². The number of hydrogen-bond donors (Lipinski definition) is 0. The lowest BCUT2D eigenvalue weighted by Crippen LogP contribution is -1.84. The highest BCUT2D eigenvalue weighted by molar-refractivity contribution is 7.98. The van der Waals surface area contributed by atoms with Gasteiger partial charge in [-0.15, -0.1) is 11.8 Å². The highest BCUT2D eigenvalue weighted by atomic mass is 32.2. The summed E-state index contributed by atoms with van der Waals surface area (Å²) in [6.45, 7) is 4.29. The van der Waals surface area contributed by atoms with E-state index in [9.17, 15) is 0 Å². The highest BCUT2D eigenvalue weighted by Crippen LogP contribution is 2.26. The fourth-order valence-corrected chi connectivity index (χ4v) is 3.08. The van der Waals surface area contributed by atoms with Gasteiger partial charge in [0.05, 0.1) is 5.69 Å². The van der Waals surface area contributed by atoms with E-state index < -0.39 is 0 Å². The number of fused-ring (bicyclic) bond motifs is 1. The number of aryl methyl sites for hydroxylation is 2. The number of imidazole rings is 1. The molecule has 2 aromatic heterocycles. The van der Waals surface area contributed by atoms with Crippen LogP contribution in [0.3, 0.4) is 0 Å². The molecule has 0 amide bonds.